The van der Waals surface area contributed by atoms with E-state index in [0.29, 0.717) is 19.5 Å². The highest BCUT2D eigenvalue weighted by atomic mass is 32.2. The Morgan fingerprint density at radius 1 is 1.43 bits per heavy atom. The van der Waals surface area contributed by atoms with Gasteiger partial charge in [-0.2, -0.15) is 0 Å². The van der Waals surface area contributed by atoms with Crippen LogP contribution in [-0.4, -0.2) is 49.4 Å². The molecule has 0 bridgehead atoms. The van der Waals surface area contributed by atoms with Crippen LogP contribution in [0, 0.1) is 5.82 Å². The molecule has 0 saturated carbocycles. The summed E-state index contributed by atoms with van der Waals surface area (Å²) in [7, 11) is -3.06. The zero-order chi connectivity index (χ0) is 17.1. The summed E-state index contributed by atoms with van der Waals surface area (Å²) in [5.74, 6) is -0.402. The highest BCUT2D eigenvalue weighted by Crippen LogP contribution is 2.22. The Balaban J connectivity index is 1.92. The Labute approximate surface area is 136 Å². The normalized spacial score (nSPS) is 23.1. The molecule has 0 unspecified atom stereocenters. The van der Waals surface area contributed by atoms with Gasteiger partial charge >= 0.3 is 0 Å². The molecule has 0 aliphatic carbocycles. The van der Waals surface area contributed by atoms with E-state index in [1.807, 2.05) is 17.9 Å². The van der Waals surface area contributed by atoms with Gasteiger partial charge in [0.2, 0.25) is 5.91 Å². The third-order valence-corrected chi connectivity index (χ3v) is 5.96. The Morgan fingerprint density at radius 3 is 2.74 bits per heavy atom. The van der Waals surface area contributed by atoms with Crippen LogP contribution < -0.4 is 5.32 Å². The van der Waals surface area contributed by atoms with Crippen molar-refractivity contribution in [2.75, 3.05) is 24.6 Å². The van der Waals surface area contributed by atoms with Gasteiger partial charge < -0.3 is 5.32 Å². The molecule has 0 aromatic heterocycles. The fourth-order valence-electron chi connectivity index (χ4n) is 2.86. The smallest absolute Gasteiger partial charge is 0.234 e. The molecule has 2 rings (SSSR count). The summed E-state index contributed by atoms with van der Waals surface area (Å²) < 4.78 is 36.4. The van der Waals surface area contributed by atoms with E-state index in [-0.39, 0.29) is 29.8 Å². The highest BCUT2D eigenvalue weighted by molar-refractivity contribution is 7.91. The van der Waals surface area contributed by atoms with E-state index >= 15 is 0 Å². The van der Waals surface area contributed by atoms with Crippen LogP contribution in [0.25, 0.3) is 0 Å². The molecule has 7 heteroatoms. The lowest BCUT2D eigenvalue weighted by Crippen LogP contribution is -2.50. The number of halogens is 1. The number of carbonyl (C=O) groups is 1. The second-order valence-electron chi connectivity index (χ2n) is 6.38. The van der Waals surface area contributed by atoms with Crippen molar-refractivity contribution >= 4 is 15.7 Å². The Hall–Kier alpha value is -1.47. The van der Waals surface area contributed by atoms with Gasteiger partial charge in [-0.3, -0.25) is 9.69 Å². The first-order chi connectivity index (χ1) is 10.7. The number of benzene rings is 1. The first kappa shape index (κ1) is 17.9. The molecule has 1 atom stereocenters. The zero-order valence-electron chi connectivity index (χ0n) is 13.5. The van der Waals surface area contributed by atoms with Gasteiger partial charge in [-0.1, -0.05) is 19.1 Å². The van der Waals surface area contributed by atoms with Crippen LogP contribution in [0.1, 0.15) is 25.8 Å². The third-order valence-electron chi connectivity index (χ3n) is 4.05. The summed E-state index contributed by atoms with van der Waals surface area (Å²) in [5.41, 5.74) is 0.114. The average molecular weight is 342 g/mol. The molecule has 1 amide bonds. The van der Waals surface area contributed by atoms with Gasteiger partial charge in [0.25, 0.3) is 0 Å². The molecule has 1 saturated heterocycles. The van der Waals surface area contributed by atoms with E-state index in [9.17, 15) is 17.6 Å². The van der Waals surface area contributed by atoms with E-state index in [4.69, 9.17) is 0 Å². The number of hydrogen-bond donors (Lipinski definition) is 1. The summed E-state index contributed by atoms with van der Waals surface area (Å²) >= 11 is 0. The minimum Gasteiger partial charge on any atom is -0.349 e. The number of carbonyl (C=O) groups excluding carboxylic acids is 1. The molecule has 1 heterocycles. The van der Waals surface area contributed by atoms with Crippen LogP contribution >= 0.6 is 0 Å². The van der Waals surface area contributed by atoms with E-state index in [2.05, 4.69) is 5.32 Å². The molecule has 23 heavy (non-hydrogen) atoms. The van der Waals surface area contributed by atoms with Crippen molar-refractivity contribution in [3.8, 4) is 0 Å². The summed E-state index contributed by atoms with van der Waals surface area (Å²) in [6, 6.07) is 6.29. The molecule has 128 valence electrons. The van der Waals surface area contributed by atoms with E-state index in [1.54, 1.807) is 13.0 Å². The molecule has 1 aliphatic rings. The van der Waals surface area contributed by atoms with Crippen LogP contribution in [0.15, 0.2) is 24.3 Å². The fourth-order valence-corrected chi connectivity index (χ4v) is 4.95. The van der Waals surface area contributed by atoms with Crippen molar-refractivity contribution in [1.29, 1.82) is 0 Å². The van der Waals surface area contributed by atoms with E-state index in [1.165, 1.54) is 12.1 Å². The fraction of sp³-hybridized carbons (Fsp3) is 0.562. The zero-order valence-corrected chi connectivity index (χ0v) is 14.3. The van der Waals surface area contributed by atoms with Gasteiger partial charge in [-0.05, 0) is 37.6 Å². The summed E-state index contributed by atoms with van der Waals surface area (Å²) in [6.45, 7) is 4.95. The van der Waals surface area contributed by atoms with Gasteiger partial charge in [0.05, 0.1) is 23.6 Å². The van der Waals surface area contributed by atoms with Gasteiger partial charge in [0.1, 0.15) is 5.82 Å². The number of nitrogens with zero attached hydrogens (tertiary/aromatic N) is 1. The molecular weight excluding hydrogens is 319 g/mol. The molecule has 1 aromatic rings. The maximum atomic E-state index is 13.2. The highest BCUT2D eigenvalue weighted by Gasteiger charge is 2.39. The number of amides is 1. The predicted molar refractivity (Wildman–Crippen MR) is 87.2 cm³/mol. The molecule has 1 aliphatic heterocycles. The number of hydrogen-bond acceptors (Lipinski definition) is 4. The lowest BCUT2D eigenvalue weighted by atomic mass is 10.0. The van der Waals surface area contributed by atoms with Gasteiger partial charge in [0.15, 0.2) is 9.84 Å². The van der Waals surface area contributed by atoms with E-state index < -0.39 is 15.4 Å². The number of likely N-dealkylation sites (N-methyl/N-ethyl adjacent to an activating group) is 1. The van der Waals surface area contributed by atoms with Crippen LogP contribution in [0.5, 0.6) is 0 Å². The Bertz CT molecular complexity index is 678. The molecule has 0 radical (unpaired) electrons. The number of sulfone groups is 1. The standard InChI is InChI=1S/C16H23FN2O3S/c1-3-19(10-13-5-4-6-14(17)9-13)11-15(20)18-16(2)7-8-23(21,22)12-16/h4-6,9H,3,7-8,10-12H2,1-2H3,(H,18,20)/t16-/m1/s1. The molecule has 1 N–H and O–H groups in total. The first-order valence-electron chi connectivity index (χ1n) is 7.70. The minimum absolute atomic E-state index is 0.0121. The molecule has 1 aromatic carbocycles. The van der Waals surface area contributed by atoms with Crippen molar-refractivity contribution in [3.63, 3.8) is 0 Å². The van der Waals surface area contributed by atoms with Crippen LogP contribution in [0.4, 0.5) is 4.39 Å². The molecule has 0 spiro atoms. The molecule has 5 nitrogen and oxygen atoms in total. The summed E-state index contributed by atoms with van der Waals surface area (Å²) in [6.07, 6.45) is 0.442. The maximum absolute atomic E-state index is 13.2. The average Bonchev–Trinajstić information content (AvgIpc) is 2.71. The SMILES string of the molecule is CCN(CC(=O)N[C@]1(C)CCS(=O)(=O)C1)Cc1cccc(F)c1. The van der Waals surface area contributed by atoms with Gasteiger partial charge in [0, 0.05) is 6.54 Å². The minimum atomic E-state index is -3.06. The number of nitrogens with one attached hydrogen (secondary N) is 1. The van der Waals surface area contributed by atoms with Crippen molar-refractivity contribution in [2.24, 2.45) is 0 Å². The first-order valence-corrected chi connectivity index (χ1v) is 9.52. The molecular formula is C16H23FN2O3S. The quantitative estimate of drug-likeness (QED) is 0.847. The van der Waals surface area contributed by atoms with Crippen molar-refractivity contribution in [1.82, 2.24) is 10.2 Å². The summed E-state index contributed by atoms with van der Waals surface area (Å²) in [4.78, 5) is 14.1. The second kappa shape index (κ2) is 6.97. The van der Waals surface area contributed by atoms with Crippen LogP contribution in [0.2, 0.25) is 0 Å². The van der Waals surface area contributed by atoms with Gasteiger partial charge in [-0.15, -0.1) is 0 Å². The van der Waals surface area contributed by atoms with Crippen LogP contribution in [0.3, 0.4) is 0 Å². The monoisotopic (exact) mass is 342 g/mol. The predicted octanol–water partition coefficient (Wildman–Crippen LogP) is 1.34. The Morgan fingerprint density at radius 2 is 2.17 bits per heavy atom. The topological polar surface area (TPSA) is 66.5 Å². The van der Waals surface area contributed by atoms with E-state index in [0.717, 1.165) is 5.56 Å². The van der Waals surface area contributed by atoms with Crippen molar-refractivity contribution in [2.45, 2.75) is 32.4 Å². The lowest BCUT2D eigenvalue weighted by Gasteiger charge is -2.26. The van der Waals surface area contributed by atoms with Crippen LogP contribution in [-0.2, 0) is 21.2 Å². The summed E-state index contributed by atoms with van der Waals surface area (Å²) in [5, 5.41) is 2.84. The lowest BCUT2D eigenvalue weighted by molar-refractivity contribution is -0.123. The Kier molecular flexibility index (Phi) is 5.41. The largest absolute Gasteiger partial charge is 0.349 e. The van der Waals surface area contributed by atoms with Crippen molar-refractivity contribution < 1.29 is 17.6 Å². The second-order valence-corrected chi connectivity index (χ2v) is 8.57. The van der Waals surface area contributed by atoms with Crippen molar-refractivity contribution in [3.05, 3.63) is 35.6 Å². The number of rotatable bonds is 6. The maximum Gasteiger partial charge on any atom is 0.234 e. The molecule has 1 fully saturated rings. The van der Waals surface area contributed by atoms with Gasteiger partial charge in [-0.25, -0.2) is 12.8 Å². The third kappa shape index (κ3) is 5.28.